The van der Waals surface area contributed by atoms with Crippen LogP contribution in [-0.4, -0.2) is 23.7 Å². The molecule has 92 valence electrons. The number of benzene rings is 1. The van der Waals surface area contributed by atoms with Crippen molar-refractivity contribution in [2.24, 2.45) is 0 Å². The van der Waals surface area contributed by atoms with E-state index in [9.17, 15) is 4.79 Å². The van der Waals surface area contributed by atoms with Crippen molar-refractivity contribution in [3.8, 4) is 5.75 Å². The lowest BCUT2D eigenvalue weighted by Crippen LogP contribution is -2.36. The molecule has 1 amide bonds. The molecule has 0 spiro atoms. The number of carbonyl (C=O) groups excluding carboxylic acids is 1. The van der Waals surface area contributed by atoms with Crippen LogP contribution in [0.25, 0.3) is 0 Å². The van der Waals surface area contributed by atoms with Crippen molar-refractivity contribution in [3.05, 3.63) is 29.8 Å². The van der Waals surface area contributed by atoms with E-state index >= 15 is 0 Å². The minimum Gasteiger partial charge on any atom is -0.481 e. The van der Waals surface area contributed by atoms with Gasteiger partial charge in [0.2, 0.25) is 0 Å². The average molecular weight is 235 g/mol. The SMILES string of the molecule is O=C1NCCCCC1Oc1ccc(CO)cc1. The van der Waals surface area contributed by atoms with E-state index in [1.165, 1.54) is 0 Å². The molecule has 0 aromatic heterocycles. The molecule has 2 rings (SSSR count). The van der Waals surface area contributed by atoms with E-state index in [1.54, 1.807) is 24.3 Å². The van der Waals surface area contributed by atoms with Gasteiger partial charge in [0.1, 0.15) is 5.75 Å². The first-order valence-corrected chi connectivity index (χ1v) is 5.94. The van der Waals surface area contributed by atoms with Gasteiger partial charge in [-0.1, -0.05) is 12.1 Å². The lowest BCUT2D eigenvalue weighted by Gasteiger charge is -2.15. The fraction of sp³-hybridized carbons (Fsp3) is 0.462. The third kappa shape index (κ3) is 3.20. The Morgan fingerprint density at radius 2 is 2.06 bits per heavy atom. The lowest BCUT2D eigenvalue weighted by molar-refractivity contribution is -0.127. The van der Waals surface area contributed by atoms with Crippen LogP contribution in [0, 0.1) is 0 Å². The molecule has 1 aliphatic heterocycles. The highest BCUT2D eigenvalue weighted by atomic mass is 16.5. The summed E-state index contributed by atoms with van der Waals surface area (Å²) in [5.41, 5.74) is 0.836. The molecule has 4 heteroatoms. The average Bonchev–Trinajstić information content (AvgIpc) is 2.56. The first-order valence-electron chi connectivity index (χ1n) is 5.94. The van der Waals surface area contributed by atoms with Gasteiger partial charge in [0, 0.05) is 6.54 Å². The Kier molecular flexibility index (Phi) is 3.98. The molecule has 17 heavy (non-hydrogen) atoms. The number of hydrogen-bond acceptors (Lipinski definition) is 3. The third-order valence-corrected chi connectivity index (χ3v) is 2.87. The normalized spacial score (nSPS) is 20.5. The highest BCUT2D eigenvalue weighted by Gasteiger charge is 2.21. The predicted molar refractivity (Wildman–Crippen MR) is 63.6 cm³/mol. The maximum Gasteiger partial charge on any atom is 0.261 e. The van der Waals surface area contributed by atoms with Crippen LogP contribution in [0.1, 0.15) is 24.8 Å². The van der Waals surface area contributed by atoms with Crippen LogP contribution < -0.4 is 10.1 Å². The van der Waals surface area contributed by atoms with E-state index in [0.717, 1.165) is 31.4 Å². The van der Waals surface area contributed by atoms with Crippen molar-refractivity contribution in [3.63, 3.8) is 0 Å². The largest absolute Gasteiger partial charge is 0.481 e. The molecule has 1 aromatic carbocycles. The van der Waals surface area contributed by atoms with E-state index in [0.29, 0.717) is 5.75 Å². The summed E-state index contributed by atoms with van der Waals surface area (Å²) < 4.78 is 5.65. The lowest BCUT2D eigenvalue weighted by atomic mass is 10.1. The summed E-state index contributed by atoms with van der Waals surface area (Å²) in [5.74, 6) is 0.637. The first-order chi connectivity index (χ1) is 8.29. The van der Waals surface area contributed by atoms with Crippen molar-refractivity contribution in [1.29, 1.82) is 0 Å². The molecule has 0 saturated carbocycles. The van der Waals surface area contributed by atoms with Gasteiger partial charge >= 0.3 is 0 Å². The number of carbonyl (C=O) groups is 1. The Hall–Kier alpha value is -1.55. The van der Waals surface area contributed by atoms with Crippen LogP contribution in [0.15, 0.2) is 24.3 Å². The second-order valence-corrected chi connectivity index (χ2v) is 4.20. The number of amides is 1. The molecule has 1 atom stereocenters. The molecule has 1 fully saturated rings. The van der Waals surface area contributed by atoms with Crippen LogP contribution in [0.5, 0.6) is 5.75 Å². The minimum absolute atomic E-state index is 0.0181. The van der Waals surface area contributed by atoms with E-state index in [-0.39, 0.29) is 12.5 Å². The molecule has 0 bridgehead atoms. The van der Waals surface area contributed by atoms with Gasteiger partial charge in [-0.2, -0.15) is 0 Å². The van der Waals surface area contributed by atoms with Crippen LogP contribution in [0.2, 0.25) is 0 Å². The van der Waals surface area contributed by atoms with Gasteiger partial charge < -0.3 is 15.2 Å². The Morgan fingerprint density at radius 3 is 2.76 bits per heavy atom. The molecule has 0 aliphatic carbocycles. The number of nitrogens with one attached hydrogen (secondary N) is 1. The Bertz CT molecular complexity index is 375. The molecule has 1 aromatic rings. The fourth-order valence-electron chi connectivity index (χ4n) is 1.86. The van der Waals surface area contributed by atoms with Gasteiger partial charge in [-0.3, -0.25) is 4.79 Å². The van der Waals surface area contributed by atoms with Gasteiger partial charge in [0.15, 0.2) is 6.10 Å². The number of aliphatic hydroxyl groups is 1. The van der Waals surface area contributed by atoms with Gasteiger partial charge in [-0.15, -0.1) is 0 Å². The number of aliphatic hydroxyl groups excluding tert-OH is 1. The van der Waals surface area contributed by atoms with E-state index < -0.39 is 6.10 Å². The molecule has 4 nitrogen and oxygen atoms in total. The summed E-state index contributed by atoms with van der Waals surface area (Å²) in [6, 6.07) is 7.15. The fourth-order valence-corrected chi connectivity index (χ4v) is 1.86. The summed E-state index contributed by atoms with van der Waals surface area (Å²) in [6.07, 6.45) is 2.37. The van der Waals surface area contributed by atoms with Crippen LogP contribution in [0.4, 0.5) is 0 Å². The number of hydrogen-bond donors (Lipinski definition) is 2. The van der Waals surface area contributed by atoms with Gasteiger partial charge in [-0.05, 0) is 37.0 Å². The summed E-state index contributed by atoms with van der Waals surface area (Å²) in [5, 5.41) is 11.8. The van der Waals surface area contributed by atoms with Crippen molar-refractivity contribution >= 4 is 5.91 Å². The highest BCUT2D eigenvalue weighted by Crippen LogP contribution is 2.17. The summed E-state index contributed by atoms with van der Waals surface area (Å²) >= 11 is 0. The van der Waals surface area contributed by atoms with Gasteiger partial charge in [0.05, 0.1) is 6.61 Å². The van der Waals surface area contributed by atoms with Gasteiger partial charge in [0.25, 0.3) is 5.91 Å². The van der Waals surface area contributed by atoms with E-state index in [4.69, 9.17) is 9.84 Å². The molecule has 1 unspecified atom stereocenters. The Morgan fingerprint density at radius 1 is 1.29 bits per heavy atom. The second kappa shape index (κ2) is 5.68. The highest BCUT2D eigenvalue weighted by molar-refractivity contribution is 5.81. The summed E-state index contributed by atoms with van der Waals surface area (Å²) in [4.78, 5) is 11.7. The van der Waals surface area contributed by atoms with Crippen molar-refractivity contribution < 1.29 is 14.6 Å². The number of rotatable bonds is 3. The van der Waals surface area contributed by atoms with Gasteiger partial charge in [-0.25, -0.2) is 0 Å². The van der Waals surface area contributed by atoms with Crippen LogP contribution in [-0.2, 0) is 11.4 Å². The zero-order chi connectivity index (χ0) is 12.1. The monoisotopic (exact) mass is 235 g/mol. The molecular weight excluding hydrogens is 218 g/mol. The topological polar surface area (TPSA) is 58.6 Å². The van der Waals surface area contributed by atoms with Crippen molar-refractivity contribution in [1.82, 2.24) is 5.32 Å². The summed E-state index contributed by atoms with van der Waals surface area (Å²) in [6.45, 7) is 0.756. The van der Waals surface area contributed by atoms with E-state index in [2.05, 4.69) is 5.32 Å². The predicted octanol–water partition coefficient (Wildman–Crippen LogP) is 1.23. The zero-order valence-electron chi connectivity index (χ0n) is 9.69. The van der Waals surface area contributed by atoms with Crippen molar-refractivity contribution in [2.45, 2.75) is 32.0 Å². The zero-order valence-corrected chi connectivity index (χ0v) is 9.69. The maximum absolute atomic E-state index is 11.7. The Balaban J connectivity index is 2.00. The Labute approximate surface area is 101 Å². The molecule has 1 heterocycles. The van der Waals surface area contributed by atoms with Crippen LogP contribution >= 0.6 is 0 Å². The maximum atomic E-state index is 11.7. The molecular formula is C13H17NO3. The molecule has 1 saturated heterocycles. The summed E-state index contributed by atoms with van der Waals surface area (Å²) in [7, 11) is 0. The smallest absolute Gasteiger partial charge is 0.261 e. The number of ether oxygens (including phenoxy) is 1. The molecule has 0 radical (unpaired) electrons. The standard InChI is InChI=1S/C13H17NO3/c15-9-10-4-6-11(7-5-10)17-12-3-1-2-8-14-13(12)16/h4-7,12,15H,1-3,8-9H2,(H,14,16). The quantitative estimate of drug-likeness (QED) is 0.828. The van der Waals surface area contributed by atoms with E-state index in [1.807, 2.05) is 0 Å². The van der Waals surface area contributed by atoms with Crippen LogP contribution in [0.3, 0.4) is 0 Å². The molecule has 1 aliphatic rings. The molecule has 2 N–H and O–H groups in total. The first kappa shape index (κ1) is 11.9. The second-order valence-electron chi connectivity index (χ2n) is 4.20. The van der Waals surface area contributed by atoms with Crippen molar-refractivity contribution in [2.75, 3.05) is 6.54 Å². The third-order valence-electron chi connectivity index (χ3n) is 2.87. The minimum atomic E-state index is -0.391.